The molecule has 2 amide bonds. The van der Waals surface area contributed by atoms with Crippen LogP contribution >= 0.6 is 11.5 Å². The Morgan fingerprint density at radius 1 is 1.13 bits per heavy atom. The first-order valence-electron chi connectivity index (χ1n) is 9.53. The fourth-order valence-corrected chi connectivity index (χ4v) is 3.55. The van der Waals surface area contributed by atoms with Crippen LogP contribution in [0.4, 0.5) is 10.1 Å². The molecule has 1 heterocycles. The van der Waals surface area contributed by atoms with Crippen LogP contribution in [0.5, 0.6) is 5.75 Å². The van der Waals surface area contributed by atoms with Crippen molar-refractivity contribution in [2.75, 3.05) is 12.0 Å². The molecule has 0 aliphatic heterocycles. The summed E-state index contributed by atoms with van der Waals surface area (Å²) >= 11 is 0.991. The molecular weight excluding hydrogens is 419 g/mol. The molecule has 0 bridgehead atoms. The maximum atomic E-state index is 14.9. The SMILES string of the molecule is COc1ccccc1[C@@H](C(=O)NC(C)(C)C)N(C(=O)c1csnn1)c1ccccc1F. The number of amides is 2. The van der Waals surface area contributed by atoms with Gasteiger partial charge in [-0.1, -0.05) is 34.8 Å². The number of benzene rings is 2. The highest BCUT2D eigenvalue weighted by Crippen LogP contribution is 2.35. The number of anilines is 1. The number of carbonyl (C=O) groups is 2. The van der Waals surface area contributed by atoms with Crippen molar-refractivity contribution >= 4 is 29.0 Å². The summed E-state index contributed by atoms with van der Waals surface area (Å²) < 4.78 is 24.1. The van der Waals surface area contributed by atoms with Crippen LogP contribution in [0.15, 0.2) is 53.9 Å². The minimum Gasteiger partial charge on any atom is -0.496 e. The van der Waals surface area contributed by atoms with E-state index in [-0.39, 0.29) is 11.4 Å². The zero-order chi connectivity index (χ0) is 22.6. The Hall–Kier alpha value is -3.33. The number of rotatable bonds is 6. The third-order valence-electron chi connectivity index (χ3n) is 4.35. The van der Waals surface area contributed by atoms with Crippen molar-refractivity contribution in [2.45, 2.75) is 32.4 Å². The zero-order valence-electron chi connectivity index (χ0n) is 17.6. The first-order valence-corrected chi connectivity index (χ1v) is 10.4. The average molecular weight is 443 g/mol. The normalized spacial score (nSPS) is 12.2. The largest absolute Gasteiger partial charge is 0.496 e. The quantitative estimate of drug-likeness (QED) is 0.624. The van der Waals surface area contributed by atoms with E-state index in [0.717, 1.165) is 16.4 Å². The van der Waals surface area contributed by atoms with Crippen molar-refractivity contribution in [3.63, 3.8) is 0 Å². The smallest absolute Gasteiger partial charge is 0.280 e. The summed E-state index contributed by atoms with van der Waals surface area (Å²) in [4.78, 5) is 28.1. The number of nitrogens with one attached hydrogen (secondary N) is 1. The van der Waals surface area contributed by atoms with Crippen LogP contribution in [0.3, 0.4) is 0 Å². The van der Waals surface area contributed by atoms with Gasteiger partial charge in [0.15, 0.2) is 5.69 Å². The van der Waals surface area contributed by atoms with Crippen LogP contribution in [0.1, 0.15) is 42.9 Å². The summed E-state index contributed by atoms with van der Waals surface area (Å²) in [5.74, 6) is -1.40. The van der Waals surface area contributed by atoms with Gasteiger partial charge in [0.25, 0.3) is 5.91 Å². The van der Waals surface area contributed by atoms with Gasteiger partial charge >= 0.3 is 0 Å². The Bertz CT molecular complexity index is 1070. The lowest BCUT2D eigenvalue weighted by Gasteiger charge is -2.34. The van der Waals surface area contributed by atoms with Crippen molar-refractivity contribution in [1.82, 2.24) is 14.9 Å². The molecule has 0 radical (unpaired) electrons. The lowest BCUT2D eigenvalue weighted by molar-refractivity contribution is -0.123. The van der Waals surface area contributed by atoms with Crippen molar-refractivity contribution < 1.29 is 18.7 Å². The van der Waals surface area contributed by atoms with Crippen LogP contribution in [0, 0.1) is 5.82 Å². The minimum absolute atomic E-state index is 0.0108. The number of para-hydroxylation sites is 2. The monoisotopic (exact) mass is 442 g/mol. The van der Waals surface area contributed by atoms with E-state index in [1.807, 2.05) is 20.8 Å². The van der Waals surface area contributed by atoms with Crippen LogP contribution in [0.2, 0.25) is 0 Å². The highest BCUT2D eigenvalue weighted by atomic mass is 32.1. The number of hydrogen-bond donors (Lipinski definition) is 1. The van der Waals surface area contributed by atoms with E-state index in [2.05, 4.69) is 14.9 Å². The molecule has 0 saturated heterocycles. The van der Waals surface area contributed by atoms with Gasteiger partial charge in [-0.2, -0.15) is 0 Å². The molecule has 0 aliphatic carbocycles. The van der Waals surface area contributed by atoms with Crippen molar-refractivity contribution in [3.8, 4) is 5.75 Å². The fourth-order valence-electron chi connectivity index (χ4n) is 3.12. The third-order valence-corrected chi connectivity index (χ3v) is 4.85. The summed E-state index contributed by atoms with van der Waals surface area (Å²) in [6.45, 7) is 5.47. The van der Waals surface area contributed by atoms with Gasteiger partial charge in [0.05, 0.1) is 12.8 Å². The van der Waals surface area contributed by atoms with Crippen LogP contribution in [-0.2, 0) is 4.79 Å². The van der Waals surface area contributed by atoms with Crippen LogP contribution in [-0.4, -0.2) is 34.1 Å². The molecular formula is C22H23FN4O3S. The second-order valence-corrected chi connectivity index (χ2v) is 8.41. The lowest BCUT2D eigenvalue weighted by atomic mass is 9.99. The molecule has 0 saturated carbocycles. The second kappa shape index (κ2) is 9.22. The third kappa shape index (κ3) is 5.05. The summed E-state index contributed by atoms with van der Waals surface area (Å²) in [6, 6.07) is 11.4. The number of carbonyl (C=O) groups excluding carboxylic acids is 2. The first kappa shape index (κ1) is 22.4. The second-order valence-electron chi connectivity index (χ2n) is 7.80. The van der Waals surface area contributed by atoms with Gasteiger partial charge in [-0.05, 0) is 50.5 Å². The van der Waals surface area contributed by atoms with Gasteiger partial charge in [-0.25, -0.2) is 4.39 Å². The Morgan fingerprint density at radius 2 is 1.81 bits per heavy atom. The van der Waals surface area contributed by atoms with Crippen molar-refractivity contribution in [1.29, 1.82) is 0 Å². The number of ether oxygens (including phenoxy) is 1. The topological polar surface area (TPSA) is 84.4 Å². The highest BCUT2D eigenvalue weighted by molar-refractivity contribution is 7.03. The van der Waals surface area contributed by atoms with E-state index < -0.39 is 29.2 Å². The molecule has 3 aromatic rings. The fraction of sp³-hybridized carbons (Fsp3) is 0.273. The van der Waals surface area contributed by atoms with Crippen molar-refractivity contribution in [2.24, 2.45) is 0 Å². The van der Waals surface area contributed by atoms with E-state index in [9.17, 15) is 14.0 Å². The van der Waals surface area contributed by atoms with E-state index in [4.69, 9.17) is 4.74 Å². The number of nitrogens with zero attached hydrogens (tertiary/aromatic N) is 3. The van der Waals surface area contributed by atoms with Gasteiger partial charge in [-0.3, -0.25) is 14.5 Å². The van der Waals surface area contributed by atoms with Crippen LogP contribution < -0.4 is 15.0 Å². The molecule has 0 unspecified atom stereocenters. The lowest BCUT2D eigenvalue weighted by Crippen LogP contribution is -2.50. The molecule has 7 nitrogen and oxygen atoms in total. The maximum Gasteiger partial charge on any atom is 0.280 e. The van der Waals surface area contributed by atoms with E-state index >= 15 is 0 Å². The molecule has 0 fully saturated rings. The maximum absolute atomic E-state index is 14.9. The molecule has 0 spiro atoms. The predicted molar refractivity (Wildman–Crippen MR) is 117 cm³/mol. The Balaban J connectivity index is 2.25. The first-order chi connectivity index (χ1) is 14.7. The molecule has 162 valence electrons. The number of aromatic nitrogens is 2. The zero-order valence-corrected chi connectivity index (χ0v) is 18.4. The molecule has 9 heteroatoms. The van der Waals surface area contributed by atoms with Gasteiger partial charge < -0.3 is 10.1 Å². The van der Waals surface area contributed by atoms with E-state index in [1.165, 1.54) is 30.7 Å². The number of methoxy groups -OCH3 is 1. The minimum atomic E-state index is -1.22. The summed E-state index contributed by atoms with van der Waals surface area (Å²) in [5, 5.41) is 8.19. The van der Waals surface area contributed by atoms with E-state index in [0.29, 0.717) is 11.3 Å². The molecule has 0 aliphatic rings. The van der Waals surface area contributed by atoms with Gasteiger partial charge in [0.1, 0.15) is 17.6 Å². The molecule has 1 atom stereocenters. The Labute approximate surface area is 184 Å². The summed E-state index contributed by atoms with van der Waals surface area (Å²) in [7, 11) is 1.47. The highest BCUT2D eigenvalue weighted by Gasteiger charge is 2.38. The summed E-state index contributed by atoms with van der Waals surface area (Å²) in [5.41, 5.74) is -0.229. The summed E-state index contributed by atoms with van der Waals surface area (Å²) in [6.07, 6.45) is 0. The van der Waals surface area contributed by atoms with E-state index in [1.54, 1.807) is 30.3 Å². The molecule has 1 aromatic heterocycles. The van der Waals surface area contributed by atoms with Crippen molar-refractivity contribution in [3.05, 3.63) is 71.0 Å². The Morgan fingerprint density at radius 3 is 2.42 bits per heavy atom. The van der Waals surface area contributed by atoms with Crippen LogP contribution in [0.25, 0.3) is 0 Å². The predicted octanol–water partition coefficient (Wildman–Crippen LogP) is 3.99. The standard InChI is InChI=1S/C22H23FN4O3S/c1-22(2,3)24-20(28)19(14-9-5-8-12-18(14)30-4)27(17-11-7-6-10-15(17)23)21(29)16-13-31-26-25-16/h5-13,19H,1-4H3,(H,24,28)/t19-/m0/s1. The van der Waals surface area contributed by atoms with Gasteiger partial charge in [0.2, 0.25) is 5.91 Å². The number of hydrogen-bond acceptors (Lipinski definition) is 6. The molecule has 31 heavy (non-hydrogen) atoms. The van der Waals surface area contributed by atoms with Gasteiger partial charge in [0, 0.05) is 16.5 Å². The number of halogens is 1. The average Bonchev–Trinajstić information content (AvgIpc) is 3.26. The molecule has 3 rings (SSSR count). The van der Waals surface area contributed by atoms with Gasteiger partial charge in [-0.15, -0.1) is 5.10 Å². The molecule has 2 aromatic carbocycles. The molecule has 1 N–H and O–H groups in total. The Kier molecular flexibility index (Phi) is 6.65.